The Morgan fingerprint density at radius 1 is 1.14 bits per heavy atom. The Kier molecular flexibility index (Phi) is 3.86. The first-order valence-electron chi connectivity index (χ1n) is 6.91. The minimum atomic E-state index is -0.537. The monoisotopic (exact) mass is 315 g/mol. The van der Waals surface area contributed by atoms with Crippen LogP contribution in [0.15, 0.2) is 42.5 Å². The SMILES string of the molecule is Cc1cccc(OCCN2C(=O)C(=O)c3cc(Cl)ccc32)c1. The molecule has 0 spiro atoms. The maximum absolute atomic E-state index is 12.0. The summed E-state index contributed by atoms with van der Waals surface area (Å²) in [7, 11) is 0. The van der Waals surface area contributed by atoms with Crippen molar-refractivity contribution in [2.75, 3.05) is 18.1 Å². The molecule has 0 saturated heterocycles. The summed E-state index contributed by atoms with van der Waals surface area (Å²) in [4.78, 5) is 25.4. The Morgan fingerprint density at radius 2 is 1.95 bits per heavy atom. The van der Waals surface area contributed by atoms with E-state index >= 15 is 0 Å². The van der Waals surface area contributed by atoms with Crippen LogP contribution in [0.1, 0.15) is 15.9 Å². The van der Waals surface area contributed by atoms with E-state index in [2.05, 4.69) is 0 Å². The zero-order valence-corrected chi connectivity index (χ0v) is 12.8. The van der Waals surface area contributed by atoms with Gasteiger partial charge in [0.15, 0.2) is 0 Å². The van der Waals surface area contributed by atoms with Crippen LogP contribution in [0, 0.1) is 6.92 Å². The lowest BCUT2D eigenvalue weighted by molar-refractivity contribution is -0.114. The Balaban J connectivity index is 1.71. The third kappa shape index (κ3) is 2.70. The predicted molar refractivity (Wildman–Crippen MR) is 84.8 cm³/mol. The van der Waals surface area contributed by atoms with Gasteiger partial charge in [-0.15, -0.1) is 0 Å². The fourth-order valence-corrected chi connectivity index (χ4v) is 2.63. The van der Waals surface area contributed by atoms with Crippen LogP contribution >= 0.6 is 11.6 Å². The first-order chi connectivity index (χ1) is 10.6. The molecular weight excluding hydrogens is 302 g/mol. The van der Waals surface area contributed by atoms with Gasteiger partial charge >= 0.3 is 0 Å². The van der Waals surface area contributed by atoms with Crippen molar-refractivity contribution in [3.05, 3.63) is 58.6 Å². The largest absolute Gasteiger partial charge is 0.492 e. The summed E-state index contributed by atoms with van der Waals surface area (Å²) in [5.74, 6) is -0.313. The van der Waals surface area contributed by atoms with Crippen LogP contribution in [-0.2, 0) is 4.79 Å². The Morgan fingerprint density at radius 3 is 2.73 bits per heavy atom. The molecular formula is C17H14ClNO3. The van der Waals surface area contributed by atoms with E-state index < -0.39 is 11.7 Å². The Hall–Kier alpha value is -2.33. The predicted octanol–water partition coefficient (Wildman–Crippen LogP) is 3.26. The van der Waals surface area contributed by atoms with E-state index in [9.17, 15) is 9.59 Å². The first-order valence-corrected chi connectivity index (χ1v) is 7.29. The summed E-state index contributed by atoms with van der Waals surface area (Å²) in [6.45, 7) is 2.60. The molecule has 5 heteroatoms. The van der Waals surface area contributed by atoms with Crippen molar-refractivity contribution in [1.82, 2.24) is 0 Å². The molecule has 1 heterocycles. The molecule has 0 aromatic heterocycles. The minimum Gasteiger partial charge on any atom is -0.492 e. The molecule has 22 heavy (non-hydrogen) atoms. The second-order valence-corrected chi connectivity index (χ2v) is 5.55. The van der Waals surface area contributed by atoms with Crippen LogP contribution in [-0.4, -0.2) is 24.8 Å². The number of halogens is 1. The fourth-order valence-electron chi connectivity index (χ4n) is 2.45. The van der Waals surface area contributed by atoms with E-state index in [1.807, 2.05) is 31.2 Å². The van der Waals surface area contributed by atoms with E-state index in [1.165, 1.54) is 11.0 Å². The molecule has 2 aromatic carbocycles. The number of rotatable bonds is 4. The molecule has 0 radical (unpaired) electrons. The molecule has 1 aliphatic heterocycles. The number of hydrogen-bond donors (Lipinski definition) is 0. The van der Waals surface area contributed by atoms with E-state index in [4.69, 9.17) is 16.3 Å². The highest BCUT2D eigenvalue weighted by Gasteiger charge is 2.35. The molecule has 1 aliphatic rings. The van der Waals surface area contributed by atoms with Gasteiger partial charge in [-0.2, -0.15) is 0 Å². The smallest absolute Gasteiger partial charge is 0.299 e. The number of carbonyl (C=O) groups excluding carboxylic acids is 2. The standard InChI is InChI=1S/C17H14ClNO3/c1-11-3-2-4-13(9-11)22-8-7-19-15-6-5-12(18)10-14(15)16(20)17(19)21/h2-6,9-10H,7-8H2,1H3. The topological polar surface area (TPSA) is 46.6 Å². The molecule has 112 valence electrons. The summed E-state index contributed by atoms with van der Waals surface area (Å²) in [6.07, 6.45) is 0. The number of benzene rings is 2. The third-order valence-corrected chi connectivity index (χ3v) is 3.74. The van der Waals surface area contributed by atoms with Crippen molar-refractivity contribution in [1.29, 1.82) is 0 Å². The molecule has 0 fully saturated rings. The van der Waals surface area contributed by atoms with Crippen molar-refractivity contribution in [3.8, 4) is 5.75 Å². The van der Waals surface area contributed by atoms with E-state index in [-0.39, 0.29) is 0 Å². The molecule has 3 rings (SSSR count). The molecule has 1 amide bonds. The summed E-state index contributed by atoms with van der Waals surface area (Å²) < 4.78 is 5.64. The lowest BCUT2D eigenvalue weighted by atomic mass is 10.1. The van der Waals surface area contributed by atoms with Crippen molar-refractivity contribution in [2.24, 2.45) is 0 Å². The molecule has 2 aromatic rings. The van der Waals surface area contributed by atoms with Gasteiger partial charge in [-0.05, 0) is 42.8 Å². The van der Waals surface area contributed by atoms with Crippen molar-refractivity contribution in [2.45, 2.75) is 6.92 Å². The molecule has 0 saturated carbocycles. The van der Waals surface area contributed by atoms with Crippen molar-refractivity contribution in [3.63, 3.8) is 0 Å². The van der Waals surface area contributed by atoms with Gasteiger partial charge in [0, 0.05) is 5.02 Å². The van der Waals surface area contributed by atoms with E-state index in [0.717, 1.165) is 11.3 Å². The van der Waals surface area contributed by atoms with Crippen LogP contribution in [0.4, 0.5) is 5.69 Å². The second kappa shape index (κ2) is 5.81. The molecule has 0 N–H and O–H groups in total. The average molecular weight is 316 g/mol. The zero-order chi connectivity index (χ0) is 15.7. The van der Waals surface area contributed by atoms with Crippen LogP contribution < -0.4 is 9.64 Å². The number of Topliss-reactive ketones (excluding diaryl/α,β-unsaturated/α-hetero) is 1. The number of fused-ring (bicyclic) bond motifs is 1. The molecule has 0 unspecified atom stereocenters. The number of ether oxygens (including phenoxy) is 1. The van der Waals surface area contributed by atoms with Crippen molar-refractivity contribution >= 4 is 29.0 Å². The number of hydrogen-bond acceptors (Lipinski definition) is 3. The molecule has 0 bridgehead atoms. The number of aryl methyl sites for hydroxylation is 1. The van der Waals surface area contributed by atoms with Gasteiger partial charge in [0.2, 0.25) is 0 Å². The maximum Gasteiger partial charge on any atom is 0.299 e. The van der Waals surface area contributed by atoms with Gasteiger partial charge in [0.1, 0.15) is 12.4 Å². The lowest BCUT2D eigenvalue weighted by Gasteiger charge is -2.17. The van der Waals surface area contributed by atoms with Gasteiger partial charge in [0.05, 0.1) is 17.8 Å². The zero-order valence-electron chi connectivity index (χ0n) is 12.0. The van der Waals surface area contributed by atoms with Gasteiger partial charge in [0.25, 0.3) is 11.7 Å². The number of nitrogens with zero attached hydrogens (tertiary/aromatic N) is 1. The third-order valence-electron chi connectivity index (χ3n) is 3.51. The highest BCUT2D eigenvalue weighted by Crippen LogP contribution is 2.30. The molecule has 0 aliphatic carbocycles. The van der Waals surface area contributed by atoms with E-state index in [1.54, 1.807) is 12.1 Å². The van der Waals surface area contributed by atoms with Gasteiger partial charge in [-0.1, -0.05) is 23.7 Å². The second-order valence-electron chi connectivity index (χ2n) is 5.11. The van der Waals surface area contributed by atoms with Crippen LogP contribution in [0.2, 0.25) is 5.02 Å². The number of amides is 1. The Bertz CT molecular complexity index is 757. The quantitative estimate of drug-likeness (QED) is 0.814. The van der Waals surface area contributed by atoms with Gasteiger partial charge in [-0.3, -0.25) is 9.59 Å². The van der Waals surface area contributed by atoms with Crippen LogP contribution in [0.25, 0.3) is 0 Å². The molecule has 4 nitrogen and oxygen atoms in total. The van der Waals surface area contributed by atoms with Crippen LogP contribution in [0.5, 0.6) is 5.75 Å². The first kappa shape index (κ1) is 14.6. The summed E-state index contributed by atoms with van der Waals surface area (Å²) in [5, 5.41) is 0.442. The summed E-state index contributed by atoms with van der Waals surface area (Å²) in [5.41, 5.74) is 2.05. The highest BCUT2D eigenvalue weighted by molar-refractivity contribution is 6.52. The minimum absolute atomic E-state index is 0.310. The van der Waals surface area contributed by atoms with Gasteiger partial charge < -0.3 is 9.64 Å². The number of anilines is 1. The van der Waals surface area contributed by atoms with Gasteiger partial charge in [-0.25, -0.2) is 0 Å². The van der Waals surface area contributed by atoms with E-state index in [0.29, 0.717) is 29.4 Å². The normalized spacial score (nSPS) is 13.5. The fraction of sp³-hybridized carbons (Fsp3) is 0.176. The summed E-state index contributed by atoms with van der Waals surface area (Å²) >= 11 is 5.88. The Labute approximate surface area is 133 Å². The lowest BCUT2D eigenvalue weighted by Crippen LogP contribution is -2.33. The number of ketones is 1. The molecule has 0 atom stereocenters. The highest BCUT2D eigenvalue weighted by atomic mass is 35.5. The maximum atomic E-state index is 12.0. The van der Waals surface area contributed by atoms with Crippen molar-refractivity contribution < 1.29 is 14.3 Å². The summed E-state index contributed by atoms with van der Waals surface area (Å²) in [6, 6.07) is 12.6. The van der Waals surface area contributed by atoms with Crippen LogP contribution in [0.3, 0.4) is 0 Å². The average Bonchev–Trinajstić information content (AvgIpc) is 2.72. The number of carbonyl (C=O) groups is 2.